The third-order valence-electron chi connectivity index (χ3n) is 5.34. The zero-order valence-electron chi connectivity index (χ0n) is 17.0. The Morgan fingerprint density at radius 2 is 1.54 bits per heavy atom. The van der Waals surface area contributed by atoms with Gasteiger partial charge >= 0.3 is 0 Å². The van der Waals surface area contributed by atoms with Crippen LogP contribution in [-0.4, -0.2) is 33.0 Å². The minimum atomic E-state index is 0.306. The second kappa shape index (κ2) is 11.1. The van der Waals surface area contributed by atoms with E-state index < -0.39 is 0 Å². The van der Waals surface area contributed by atoms with Gasteiger partial charge in [-0.15, -0.1) is 0 Å². The molecule has 0 aromatic heterocycles. The molecule has 4 nitrogen and oxygen atoms in total. The molecule has 1 heterocycles. The number of benzene rings is 2. The van der Waals surface area contributed by atoms with Gasteiger partial charge in [0.25, 0.3) is 0 Å². The topological polar surface area (TPSA) is 39.7 Å². The number of ether oxygens (including phenoxy) is 3. The van der Waals surface area contributed by atoms with Crippen LogP contribution in [-0.2, 0) is 9.47 Å². The molecule has 0 bridgehead atoms. The van der Waals surface area contributed by atoms with Crippen molar-refractivity contribution in [3.8, 4) is 5.75 Å². The van der Waals surface area contributed by atoms with Crippen molar-refractivity contribution >= 4 is 11.4 Å². The molecule has 0 aliphatic carbocycles. The molecule has 3 rings (SSSR count). The van der Waals surface area contributed by atoms with Gasteiger partial charge < -0.3 is 19.5 Å². The predicted molar refractivity (Wildman–Crippen MR) is 114 cm³/mol. The molecule has 0 amide bonds. The highest BCUT2D eigenvalue weighted by molar-refractivity contribution is 5.59. The van der Waals surface area contributed by atoms with Gasteiger partial charge in [-0.05, 0) is 62.1 Å². The number of hydrogen-bond donors (Lipinski definition) is 1. The molecule has 1 saturated heterocycles. The second-order valence-corrected chi connectivity index (χ2v) is 7.68. The van der Waals surface area contributed by atoms with E-state index in [0.717, 1.165) is 69.4 Å². The summed E-state index contributed by atoms with van der Waals surface area (Å²) in [6, 6.07) is 18.3. The van der Waals surface area contributed by atoms with Crippen LogP contribution in [0, 0.1) is 5.41 Å². The lowest BCUT2D eigenvalue weighted by Crippen LogP contribution is -2.45. The Labute approximate surface area is 169 Å². The molecule has 4 heteroatoms. The number of para-hydroxylation sites is 1. The largest absolute Gasteiger partial charge is 0.494 e. The lowest BCUT2D eigenvalue weighted by atomic mass is 9.84. The number of anilines is 2. The van der Waals surface area contributed by atoms with Gasteiger partial charge in [0.1, 0.15) is 5.75 Å². The minimum absolute atomic E-state index is 0.306. The van der Waals surface area contributed by atoms with Crippen molar-refractivity contribution in [1.29, 1.82) is 0 Å². The number of rotatable bonds is 13. The molecule has 1 N–H and O–H groups in total. The summed E-state index contributed by atoms with van der Waals surface area (Å²) in [5.74, 6) is 0.925. The first-order valence-electron chi connectivity index (χ1n) is 10.5. The molecule has 1 aliphatic heterocycles. The fourth-order valence-corrected chi connectivity index (χ4v) is 3.24. The molecular formula is C24H33NO3. The maximum Gasteiger partial charge on any atom is 0.119 e. The summed E-state index contributed by atoms with van der Waals surface area (Å²) in [7, 11) is 0. The molecule has 2 aromatic rings. The van der Waals surface area contributed by atoms with E-state index in [-0.39, 0.29) is 0 Å². The maximum absolute atomic E-state index is 5.85. The lowest BCUT2D eigenvalue weighted by Gasteiger charge is -2.40. The fraction of sp³-hybridized carbons (Fsp3) is 0.500. The van der Waals surface area contributed by atoms with Crippen molar-refractivity contribution in [2.45, 2.75) is 39.0 Å². The summed E-state index contributed by atoms with van der Waals surface area (Å²) < 4.78 is 17.0. The highest BCUT2D eigenvalue weighted by Crippen LogP contribution is 2.31. The van der Waals surface area contributed by atoms with Gasteiger partial charge in [0, 0.05) is 23.4 Å². The monoisotopic (exact) mass is 383 g/mol. The Balaban J connectivity index is 1.21. The molecule has 0 spiro atoms. The van der Waals surface area contributed by atoms with Crippen molar-refractivity contribution in [1.82, 2.24) is 0 Å². The molecular weight excluding hydrogens is 350 g/mol. The highest BCUT2D eigenvalue weighted by atomic mass is 16.5. The van der Waals surface area contributed by atoms with Gasteiger partial charge in [0.15, 0.2) is 0 Å². The maximum atomic E-state index is 5.85. The molecule has 0 atom stereocenters. The third kappa shape index (κ3) is 6.54. The molecule has 0 saturated carbocycles. The number of unbranched alkanes of at least 4 members (excludes halogenated alkanes) is 3. The van der Waals surface area contributed by atoms with Crippen LogP contribution in [0.4, 0.5) is 11.4 Å². The van der Waals surface area contributed by atoms with E-state index in [1.165, 1.54) is 12.8 Å². The fourth-order valence-electron chi connectivity index (χ4n) is 3.24. The summed E-state index contributed by atoms with van der Waals surface area (Å²) in [5, 5.41) is 3.38. The van der Waals surface area contributed by atoms with Crippen LogP contribution in [0.15, 0.2) is 54.6 Å². The molecule has 2 aromatic carbocycles. The van der Waals surface area contributed by atoms with Crippen molar-refractivity contribution in [2.24, 2.45) is 5.41 Å². The Kier molecular flexibility index (Phi) is 8.19. The zero-order chi connectivity index (χ0) is 19.5. The summed E-state index contributed by atoms with van der Waals surface area (Å²) in [6.07, 6.45) is 5.73. The van der Waals surface area contributed by atoms with Crippen molar-refractivity contribution in [3.63, 3.8) is 0 Å². The predicted octanol–water partition coefficient (Wildman–Crippen LogP) is 5.81. The van der Waals surface area contributed by atoms with Crippen LogP contribution in [0.3, 0.4) is 0 Å². The van der Waals surface area contributed by atoms with Crippen LogP contribution in [0.5, 0.6) is 5.75 Å². The highest BCUT2D eigenvalue weighted by Gasteiger charge is 2.36. The van der Waals surface area contributed by atoms with E-state index in [4.69, 9.17) is 14.2 Å². The molecule has 1 fully saturated rings. The summed E-state index contributed by atoms with van der Waals surface area (Å²) in [5.41, 5.74) is 2.46. The van der Waals surface area contributed by atoms with Gasteiger partial charge in [-0.2, -0.15) is 0 Å². The molecule has 0 radical (unpaired) electrons. The average Bonchev–Trinajstić information content (AvgIpc) is 2.70. The Hall–Kier alpha value is -2.04. The SMILES string of the molecule is CCC1(COCCCCCCOc2ccc(Nc3ccccc3)cc2)COC1. The summed E-state index contributed by atoms with van der Waals surface area (Å²) >= 11 is 0. The zero-order valence-corrected chi connectivity index (χ0v) is 17.0. The van der Waals surface area contributed by atoms with Crippen molar-refractivity contribution < 1.29 is 14.2 Å². The summed E-state index contributed by atoms with van der Waals surface area (Å²) in [6.45, 7) is 6.43. The lowest BCUT2D eigenvalue weighted by molar-refractivity contribution is -0.150. The first kappa shape index (κ1) is 20.7. The van der Waals surface area contributed by atoms with Gasteiger partial charge in [0.2, 0.25) is 0 Å². The van der Waals surface area contributed by atoms with Gasteiger partial charge in [-0.1, -0.05) is 31.5 Å². The van der Waals surface area contributed by atoms with E-state index in [2.05, 4.69) is 36.5 Å². The molecule has 28 heavy (non-hydrogen) atoms. The van der Waals surface area contributed by atoms with Crippen LogP contribution in [0.1, 0.15) is 39.0 Å². The van der Waals surface area contributed by atoms with E-state index >= 15 is 0 Å². The van der Waals surface area contributed by atoms with E-state index in [1.54, 1.807) is 0 Å². The van der Waals surface area contributed by atoms with Crippen molar-refractivity contribution in [3.05, 3.63) is 54.6 Å². The minimum Gasteiger partial charge on any atom is -0.494 e. The number of hydrogen-bond acceptors (Lipinski definition) is 4. The molecule has 152 valence electrons. The first-order chi connectivity index (χ1) is 13.8. The summed E-state index contributed by atoms with van der Waals surface area (Å²) in [4.78, 5) is 0. The van der Waals surface area contributed by atoms with Gasteiger partial charge in [-0.3, -0.25) is 0 Å². The standard InChI is InChI=1S/C24H33NO3/c1-2-24(19-27-20-24)18-26-16-8-3-4-9-17-28-23-14-12-22(13-15-23)25-21-10-6-5-7-11-21/h5-7,10-15,25H,2-4,8-9,16-20H2,1H3. The molecule has 0 unspecified atom stereocenters. The molecule has 1 aliphatic rings. The van der Waals surface area contributed by atoms with Crippen LogP contribution in [0.2, 0.25) is 0 Å². The van der Waals surface area contributed by atoms with Gasteiger partial charge in [0.05, 0.1) is 26.4 Å². The Bertz CT molecular complexity index is 662. The smallest absolute Gasteiger partial charge is 0.119 e. The average molecular weight is 384 g/mol. The van der Waals surface area contributed by atoms with Gasteiger partial charge in [-0.25, -0.2) is 0 Å². The van der Waals surface area contributed by atoms with Crippen LogP contribution in [0.25, 0.3) is 0 Å². The van der Waals surface area contributed by atoms with Crippen molar-refractivity contribution in [2.75, 3.05) is 38.4 Å². The number of nitrogens with one attached hydrogen (secondary N) is 1. The van der Waals surface area contributed by atoms with E-state index in [0.29, 0.717) is 5.41 Å². The first-order valence-corrected chi connectivity index (χ1v) is 10.5. The van der Waals surface area contributed by atoms with Crippen LogP contribution >= 0.6 is 0 Å². The van der Waals surface area contributed by atoms with E-state index in [9.17, 15) is 0 Å². The van der Waals surface area contributed by atoms with E-state index in [1.807, 2.05) is 30.3 Å². The van der Waals surface area contributed by atoms with Crippen LogP contribution < -0.4 is 10.1 Å². The Morgan fingerprint density at radius 3 is 2.18 bits per heavy atom. The Morgan fingerprint density at radius 1 is 0.857 bits per heavy atom. The second-order valence-electron chi connectivity index (χ2n) is 7.68. The quantitative estimate of drug-likeness (QED) is 0.443. The third-order valence-corrected chi connectivity index (χ3v) is 5.34. The normalized spacial score (nSPS) is 15.0.